The summed E-state index contributed by atoms with van der Waals surface area (Å²) < 4.78 is 0. The number of nitrogens with two attached hydrogens (primary N) is 2. The minimum atomic E-state index is -0.401. The van der Waals surface area contributed by atoms with Crippen molar-refractivity contribution >= 4 is 11.6 Å². The Hall–Kier alpha value is -0.740. The summed E-state index contributed by atoms with van der Waals surface area (Å²) in [6.07, 6.45) is 5.98. The molecule has 0 aliphatic heterocycles. The van der Waals surface area contributed by atoms with Crippen LogP contribution in [0, 0.1) is 0 Å². The van der Waals surface area contributed by atoms with Gasteiger partial charge in [0.1, 0.15) is 11.6 Å². The number of unbranched alkanes of at least 4 members (excludes halogenated alkanes) is 2. The van der Waals surface area contributed by atoms with Crippen LogP contribution in [0.1, 0.15) is 58.3 Å². The Labute approximate surface area is 104 Å². The smallest absolute Gasteiger partial charge is 0.149 e. The maximum atomic E-state index is 11.5. The van der Waals surface area contributed by atoms with Crippen LogP contribution < -0.4 is 11.5 Å². The molecule has 0 radical (unpaired) electrons. The lowest BCUT2D eigenvalue weighted by molar-refractivity contribution is -0.120. The summed E-state index contributed by atoms with van der Waals surface area (Å²) in [7, 11) is 0. The lowest BCUT2D eigenvalue weighted by Gasteiger charge is -2.08. The number of Topliss-reactive ketones (excluding diaryl/α,β-unsaturated/α-hetero) is 2. The predicted octanol–water partition coefficient (Wildman–Crippen LogP) is 1.55. The van der Waals surface area contributed by atoms with Crippen molar-refractivity contribution in [3.05, 3.63) is 0 Å². The fraction of sp³-hybridized carbons (Fsp3) is 0.846. The summed E-state index contributed by atoms with van der Waals surface area (Å²) in [5.74, 6) is 0.425. The average Bonchev–Trinajstić information content (AvgIpc) is 2.29. The summed E-state index contributed by atoms with van der Waals surface area (Å²) in [6.45, 7) is 2.47. The van der Waals surface area contributed by atoms with Crippen LogP contribution in [-0.2, 0) is 9.59 Å². The van der Waals surface area contributed by atoms with Crippen LogP contribution in [0.4, 0.5) is 0 Å². The molecule has 0 aromatic rings. The quantitative estimate of drug-likeness (QED) is 0.538. The van der Waals surface area contributed by atoms with E-state index in [1.165, 1.54) is 0 Å². The maximum Gasteiger partial charge on any atom is 0.149 e. The number of hydrogen-bond donors (Lipinski definition) is 2. The molecule has 0 aromatic carbocycles. The molecule has 0 bridgehead atoms. The van der Waals surface area contributed by atoms with Gasteiger partial charge < -0.3 is 11.5 Å². The average molecular weight is 242 g/mol. The first-order valence-corrected chi connectivity index (χ1v) is 6.61. The Bertz CT molecular complexity index is 229. The van der Waals surface area contributed by atoms with Gasteiger partial charge in [0, 0.05) is 19.3 Å². The van der Waals surface area contributed by atoms with Crippen LogP contribution in [0.3, 0.4) is 0 Å². The van der Waals surface area contributed by atoms with Crippen LogP contribution in [0.25, 0.3) is 0 Å². The molecule has 1 atom stereocenters. The normalized spacial score (nSPS) is 12.4. The molecule has 0 saturated heterocycles. The summed E-state index contributed by atoms with van der Waals surface area (Å²) in [4.78, 5) is 22.7. The fourth-order valence-electron chi connectivity index (χ4n) is 1.73. The molecule has 1 unspecified atom stereocenters. The highest BCUT2D eigenvalue weighted by atomic mass is 16.1. The first-order chi connectivity index (χ1) is 8.11. The van der Waals surface area contributed by atoms with Crippen molar-refractivity contribution in [3.63, 3.8) is 0 Å². The molecule has 0 amide bonds. The number of carbonyl (C=O) groups is 2. The van der Waals surface area contributed by atoms with Crippen molar-refractivity contribution in [1.82, 2.24) is 0 Å². The SMILES string of the molecule is CCCC(=O)CCCCCC(=O)C(N)CCN. The Morgan fingerprint density at radius 3 is 2.29 bits per heavy atom. The number of carbonyl (C=O) groups excluding carboxylic acids is 2. The van der Waals surface area contributed by atoms with E-state index in [4.69, 9.17) is 11.5 Å². The highest BCUT2D eigenvalue weighted by Gasteiger charge is 2.11. The zero-order chi connectivity index (χ0) is 13.1. The molecule has 0 aromatic heterocycles. The van der Waals surface area contributed by atoms with Gasteiger partial charge in [0.25, 0.3) is 0 Å². The third-order valence-corrected chi connectivity index (χ3v) is 2.80. The van der Waals surface area contributed by atoms with Gasteiger partial charge in [0.05, 0.1) is 6.04 Å². The maximum absolute atomic E-state index is 11.5. The summed E-state index contributed by atoms with van der Waals surface area (Å²) >= 11 is 0. The molecule has 0 spiro atoms. The molecule has 4 heteroatoms. The molecule has 100 valence electrons. The molecule has 17 heavy (non-hydrogen) atoms. The molecule has 4 nitrogen and oxygen atoms in total. The number of ketones is 2. The molecule has 0 aliphatic carbocycles. The third-order valence-electron chi connectivity index (χ3n) is 2.80. The van der Waals surface area contributed by atoms with E-state index < -0.39 is 6.04 Å². The lowest BCUT2D eigenvalue weighted by Crippen LogP contribution is -2.32. The van der Waals surface area contributed by atoms with Crippen LogP contribution in [0.2, 0.25) is 0 Å². The lowest BCUT2D eigenvalue weighted by atomic mass is 10.0. The number of rotatable bonds is 11. The zero-order valence-electron chi connectivity index (χ0n) is 10.9. The molecular formula is C13H26N2O2. The van der Waals surface area contributed by atoms with Crippen LogP contribution in [0.15, 0.2) is 0 Å². The zero-order valence-corrected chi connectivity index (χ0v) is 10.9. The molecule has 0 aliphatic rings. The second kappa shape index (κ2) is 10.4. The topological polar surface area (TPSA) is 86.2 Å². The van der Waals surface area contributed by atoms with E-state index >= 15 is 0 Å². The van der Waals surface area contributed by atoms with Gasteiger partial charge in [-0.05, 0) is 32.2 Å². The van der Waals surface area contributed by atoms with E-state index in [1.807, 2.05) is 6.92 Å². The Morgan fingerprint density at radius 1 is 1.06 bits per heavy atom. The Kier molecular flexibility index (Phi) is 9.96. The Morgan fingerprint density at radius 2 is 1.71 bits per heavy atom. The van der Waals surface area contributed by atoms with Crippen LogP contribution in [0.5, 0.6) is 0 Å². The molecule has 0 heterocycles. The van der Waals surface area contributed by atoms with Crippen molar-refractivity contribution in [2.24, 2.45) is 11.5 Å². The predicted molar refractivity (Wildman–Crippen MR) is 69.7 cm³/mol. The van der Waals surface area contributed by atoms with Crippen molar-refractivity contribution in [3.8, 4) is 0 Å². The highest BCUT2D eigenvalue weighted by molar-refractivity contribution is 5.83. The van der Waals surface area contributed by atoms with E-state index in [9.17, 15) is 9.59 Å². The minimum Gasteiger partial charge on any atom is -0.330 e. The monoisotopic (exact) mass is 242 g/mol. The molecular weight excluding hydrogens is 216 g/mol. The third kappa shape index (κ3) is 9.01. The van der Waals surface area contributed by atoms with Crippen molar-refractivity contribution in [2.45, 2.75) is 64.3 Å². The summed E-state index contributed by atoms with van der Waals surface area (Å²) in [5.41, 5.74) is 11.0. The molecule has 0 saturated carbocycles. The van der Waals surface area contributed by atoms with Gasteiger partial charge in [-0.3, -0.25) is 9.59 Å². The molecule has 0 rings (SSSR count). The fourth-order valence-corrected chi connectivity index (χ4v) is 1.73. The highest BCUT2D eigenvalue weighted by Crippen LogP contribution is 2.07. The van der Waals surface area contributed by atoms with Gasteiger partial charge in [-0.1, -0.05) is 13.3 Å². The molecule has 4 N–H and O–H groups in total. The standard InChI is InChI=1S/C13H26N2O2/c1-2-6-11(16)7-4-3-5-8-13(17)12(15)9-10-14/h12H,2-10,14-15H2,1H3. The first-order valence-electron chi connectivity index (χ1n) is 6.61. The van der Waals surface area contributed by atoms with Crippen LogP contribution in [-0.4, -0.2) is 24.2 Å². The van der Waals surface area contributed by atoms with Crippen LogP contribution >= 0.6 is 0 Å². The summed E-state index contributed by atoms with van der Waals surface area (Å²) in [5, 5.41) is 0. The van der Waals surface area contributed by atoms with Crippen molar-refractivity contribution < 1.29 is 9.59 Å². The van der Waals surface area contributed by atoms with Crippen molar-refractivity contribution in [1.29, 1.82) is 0 Å². The van der Waals surface area contributed by atoms with E-state index in [0.29, 0.717) is 38.0 Å². The van der Waals surface area contributed by atoms with E-state index in [2.05, 4.69) is 0 Å². The van der Waals surface area contributed by atoms with Gasteiger partial charge in [0.15, 0.2) is 0 Å². The van der Waals surface area contributed by atoms with Crippen molar-refractivity contribution in [2.75, 3.05) is 6.54 Å². The first kappa shape index (κ1) is 16.3. The van der Waals surface area contributed by atoms with E-state index in [0.717, 1.165) is 25.7 Å². The van der Waals surface area contributed by atoms with Gasteiger partial charge >= 0.3 is 0 Å². The minimum absolute atomic E-state index is 0.0929. The van der Waals surface area contributed by atoms with Gasteiger partial charge in [-0.25, -0.2) is 0 Å². The van der Waals surface area contributed by atoms with E-state index in [-0.39, 0.29) is 5.78 Å². The number of hydrogen-bond acceptors (Lipinski definition) is 4. The second-order valence-corrected chi connectivity index (χ2v) is 4.50. The largest absolute Gasteiger partial charge is 0.330 e. The Balaban J connectivity index is 3.45. The van der Waals surface area contributed by atoms with Gasteiger partial charge in [-0.2, -0.15) is 0 Å². The molecule has 0 fully saturated rings. The van der Waals surface area contributed by atoms with Gasteiger partial charge in [-0.15, -0.1) is 0 Å². The summed E-state index contributed by atoms with van der Waals surface area (Å²) in [6, 6.07) is -0.401. The van der Waals surface area contributed by atoms with Gasteiger partial charge in [0.2, 0.25) is 0 Å². The second-order valence-electron chi connectivity index (χ2n) is 4.50. The van der Waals surface area contributed by atoms with E-state index in [1.54, 1.807) is 0 Å².